The predicted octanol–water partition coefficient (Wildman–Crippen LogP) is 10.4. The maximum Gasteiger partial charge on any atom is 0.143 e. The van der Waals surface area contributed by atoms with Crippen LogP contribution in [0, 0.1) is 11.3 Å². The van der Waals surface area contributed by atoms with Crippen molar-refractivity contribution < 1.29 is 8.83 Å². The molecule has 6 aromatic carbocycles. The van der Waals surface area contributed by atoms with Crippen molar-refractivity contribution in [3.05, 3.63) is 133 Å². The first-order valence-corrected chi connectivity index (χ1v) is 13.2. The van der Waals surface area contributed by atoms with Gasteiger partial charge in [-0.1, -0.05) is 91.0 Å². The zero-order valence-electron chi connectivity index (χ0n) is 21.4. The smallest absolute Gasteiger partial charge is 0.143 e. The molecule has 0 radical (unpaired) electrons. The highest BCUT2D eigenvalue weighted by Gasteiger charge is 2.18. The number of nitriles is 1. The molecule has 0 spiro atoms. The van der Waals surface area contributed by atoms with Gasteiger partial charge in [0.2, 0.25) is 0 Å². The van der Waals surface area contributed by atoms with Crippen LogP contribution < -0.4 is 0 Å². The van der Waals surface area contributed by atoms with Crippen molar-refractivity contribution >= 4 is 43.9 Å². The first-order chi connectivity index (χ1) is 19.8. The van der Waals surface area contributed by atoms with Crippen molar-refractivity contribution in [3.8, 4) is 39.4 Å². The van der Waals surface area contributed by atoms with Gasteiger partial charge in [0.05, 0.1) is 11.6 Å². The molecule has 186 valence electrons. The maximum atomic E-state index is 9.67. The van der Waals surface area contributed by atoms with E-state index >= 15 is 0 Å². The molecule has 0 amide bonds. The summed E-state index contributed by atoms with van der Waals surface area (Å²) >= 11 is 0. The Kier molecular flexibility index (Phi) is 4.89. The van der Waals surface area contributed by atoms with E-state index < -0.39 is 0 Å². The Morgan fingerprint density at radius 1 is 0.450 bits per heavy atom. The summed E-state index contributed by atoms with van der Waals surface area (Å²) in [5.41, 5.74) is 10.4. The lowest BCUT2D eigenvalue weighted by Crippen LogP contribution is -1.90. The summed E-state index contributed by atoms with van der Waals surface area (Å²) in [6, 6.07) is 45.5. The molecule has 8 rings (SSSR count). The molecule has 0 aliphatic carbocycles. The second kappa shape index (κ2) is 8.73. The molecule has 3 heteroatoms. The highest BCUT2D eigenvalue weighted by Crippen LogP contribution is 2.43. The molecule has 40 heavy (non-hydrogen) atoms. The quantitative estimate of drug-likeness (QED) is 0.237. The predicted molar refractivity (Wildman–Crippen MR) is 162 cm³/mol. The average molecular weight is 512 g/mol. The third kappa shape index (κ3) is 3.37. The van der Waals surface area contributed by atoms with Gasteiger partial charge < -0.3 is 8.83 Å². The second-order valence-electron chi connectivity index (χ2n) is 10.0. The first kappa shape index (κ1) is 22.4. The molecule has 8 aromatic rings. The maximum absolute atomic E-state index is 9.67. The van der Waals surface area contributed by atoms with E-state index in [4.69, 9.17) is 8.83 Å². The van der Waals surface area contributed by atoms with Gasteiger partial charge >= 0.3 is 0 Å². The lowest BCUT2D eigenvalue weighted by molar-refractivity contribution is 0.669. The van der Waals surface area contributed by atoms with Crippen molar-refractivity contribution in [2.75, 3.05) is 0 Å². The molecule has 0 fully saturated rings. The van der Waals surface area contributed by atoms with Crippen LogP contribution in [-0.2, 0) is 0 Å². The van der Waals surface area contributed by atoms with E-state index in [-0.39, 0.29) is 0 Å². The van der Waals surface area contributed by atoms with Crippen molar-refractivity contribution in [3.63, 3.8) is 0 Å². The van der Waals surface area contributed by atoms with Crippen LogP contribution in [0.15, 0.2) is 136 Å². The molecule has 2 heterocycles. The van der Waals surface area contributed by atoms with Crippen molar-refractivity contribution in [2.45, 2.75) is 0 Å². The van der Waals surface area contributed by atoms with Gasteiger partial charge in [-0.2, -0.15) is 5.26 Å². The average Bonchev–Trinajstić information content (AvgIpc) is 3.59. The highest BCUT2D eigenvalue weighted by molar-refractivity contribution is 6.14. The monoisotopic (exact) mass is 511 g/mol. The zero-order chi connectivity index (χ0) is 26.6. The van der Waals surface area contributed by atoms with E-state index in [2.05, 4.69) is 66.7 Å². The summed E-state index contributed by atoms with van der Waals surface area (Å²) in [6.45, 7) is 0. The summed E-state index contributed by atoms with van der Waals surface area (Å²) in [7, 11) is 0. The highest BCUT2D eigenvalue weighted by atomic mass is 16.3. The molecule has 0 unspecified atom stereocenters. The molecule has 0 aliphatic heterocycles. The number of hydrogen-bond acceptors (Lipinski definition) is 3. The van der Waals surface area contributed by atoms with E-state index in [1.54, 1.807) is 0 Å². The fourth-order valence-corrected chi connectivity index (χ4v) is 5.92. The Labute approximate surface area is 230 Å². The van der Waals surface area contributed by atoms with Gasteiger partial charge in [0.25, 0.3) is 0 Å². The molecule has 3 nitrogen and oxygen atoms in total. The van der Waals surface area contributed by atoms with Crippen molar-refractivity contribution in [1.29, 1.82) is 5.26 Å². The molecular formula is C37H21NO2. The summed E-state index contributed by atoms with van der Waals surface area (Å²) in [4.78, 5) is 0. The minimum absolute atomic E-state index is 0.625. The third-order valence-electron chi connectivity index (χ3n) is 7.73. The Balaban J connectivity index is 1.42. The van der Waals surface area contributed by atoms with Gasteiger partial charge in [-0.25, -0.2) is 0 Å². The summed E-state index contributed by atoms with van der Waals surface area (Å²) in [5, 5.41) is 14.0. The zero-order valence-corrected chi connectivity index (χ0v) is 21.4. The van der Waals surface area contributed by atoms with Crippen LogP contribution in [0.3, 0.4) is 0 Å². The summed E-state index contributed by atoms with van der Waals surface area (Å²) in [6.07, 6.45) is 0. The van der Waals surface area contributed by atoms with Crippen LogP contribution in [0.1, 0.15) is 5.56 Å². The minimum Gasteiger partial charge on any atom is -0.456 e. The number of fused-ring (bicyclic) bond motifs is 6. The number of para-hydroxylation sites is 3. The molecule has 0 aliphatic rings. The number of nitrogens with zero attached hydrogens (tertiary/aromatic N) is 1. The molecule has 2 aromatic heterocycles. The summed E-state index contributed by atoms with van der Waals surface area (Å²) < 4.78 is 12.6. The normalized spacial score (nSPS) is 11.5. The lowest BCUT2D eigenvalue weighted by atomic mass is 9.88. The molecule has 0 atom stereocenters. The van der Waals surface area contributed by atoms with Crippen LogP contribution in [0.4, 0.5) is 0 Å². The third-order valence-corrected chi connectivity index (χ3v) is 7.73. The topological polar surface area (TPSA) is 50.1 Å². The van der Waals surface area contributed by atoms with E-state index in [0.29, 0.717) is 5.56 Å². The number of hydrogen-bond donors (Lipinski definition) is 0. The van der Waals surface area contributed by atoms with Gasteiger partial charge in [0.15, 0.2) is 0 Å². The molecule has 0 bridgehead atoms. The van der Waals surface area contributed by atoms with Gasteiger partial charge in [-0.15, -0.1) is 0 Å². The Morgan fingerprint density at radius 2 is 1.12 bits per heavy atom. The Bertz CT molecular complexity index is 2290. The van der Waals surface area contributed by atoms with Crippen LogP contribution in [-0.4, -0.2) is 0 Å². The van der Waals surface area contributed by atoms with Gasteiger partial charge in [-0.05, 0) is 64.2 Å². The van der Waals surface area contributed by atoms with Gasteiger partial charge in [-0.3, -0.25) is 0 Å². The standard InChI is InChI=1S/C37H21NO2/c38-22-23-8-5-9-24(20-23)32-21-25(26-12-6-14-30-28-10-1-3-15-33(28)40-37(26)30)18-19-27(32)29-13-7-17-35-36(29)31-11-2-4-16-34(31)39-35/h1-21H. The second-order valence-corrected chi connectivity index (χ2v) is 10.0. The molecular weight excluding hydrogens is 490 g/mol. The molecule has 0 saturated heterocycles. The van der Waals surface area contributed by atoms with Crippen molar-refractivity contribution in [1.82, 2.24) is 0 Å². The molecule has 0 N–H and O–H groups in total. The van der Waals surface area contributed by atoms with Crippen LogP contribution in [0.25, 0.3) is 77.3 Å². The summed E-state index contributed by atoms with van der Waals surface area (Å²) in [5.74, 6) is 0. The van der Waals surface area contributed by atoms with Crippen molar-refractivity contribution in [2.24, 2.45) is 0 Å². The fraction of sp³-hybridized carbons (Fsp3) is 0. The number of benzene rings is 6. The Morgan fingerprint density at radius 3 is 2.00 bits per heavy atom. The van der Waals surface area contributed by atoms with Crippen LogP contribution >= 0.6 is 0 Å². The van der Waals surface area contributed by atoms with E-state index in [1.807, 2.05) is 66.7 Å². The number of rotatable bonds is 3. The largest absolute Gasteiger partial charge is 0.456 e. The van der Waals surface area contributed by atoms with Crippen LogP contribution in [0.5, 0.6) is 0 Å². The SMILES string of the molecule is N#Cc1cccc(-c2cc(-c3cccc4c3oc3ccccc34)ccc2-c2cccc3oc4ccccc4c23)c1. The van der Waals surface area contributed by atoms with Crippen LogP contribution in [0.2, 0.25) is 0 Å². The minimum atomic E-state index is 0.625. The lowest BCUT2D eigenvalue weighted by Gasteiger charge is -2.14. The van der Waals surface area contributed by atoms with Gasteiger partial charge in [0, 0.05) is 27.1 Å². The first-order valence-electron chi connectivity index (χ1n) is 13.2. The van der Waals surface area contributed by atoms with E-state index in [0.717, 1.165) is 77.3 Å². The van der Waals surface area contributed by atoms with E-state index in [1.165, 1.54) is 0 Å². The van der Waals surface area contributed by atoms with Gasteiger partial charge in [0.1, 0.15) is 22.3 Å². The Hall–Kier alpha value is -5.59. The fourth-order valence-electron chi connectivity index (χ4n) is 5.92. The number of furan rings is 2. The van der Waals surface area contributed by atoms with E-state index in [9.17, 15) is 5.26 Å². The molecule has 0 saturated carbocycles.